The number of ether oxygens (including phenoxy) is 2. The third kappa shape index (κ3) is 2.01. The Kier molecular flexibility index (Phi) is 3.26. The third-order valence-electron chi connectivity index (χ3n) is 6.37. The lowest BCUT2D eigenvalue weighted by Crippen LogP contribution is -2.40. The van der Waals surface area contributed by atoms with E-state index in [1.54, 1.807) is 26.4 Å². The first-order chi connectivity index (χ1) is 12.6. The van der Waals surface area contributed by atoms with Crippen molar-refractivity contribution < 1.29 is 19.1 Å². The number of imide groups is 1. The zero-order valence-corrected chi connectivity index (χ0v) is 14.7. The summed E-state index contributed by atoms with van der Waals surface area (Å²) in [6, 6.07) is 5.34. The number of nitrogens with zero attached hydrogens (tertiary/aromatic N) is 2. The Morgan fingerprint density at radius 1 is 1.00 bits per heavy atom. The summed E-state index contributed by atoms with van der Waals surface area (Å²) in [6.45, 7) is 0. The number of hydrazone groups is 1. The summed E-state index contributed by atoms with van der Waals surface area (Å²) in [5, 5.41) is 5.32. The standard InChI is InChI=1S/C20H20N2O4/c1-25-15-6-3-10(7-16(15)26-2)9-21-22-19(23)17-11-4-5-12(14-8-13(11)14)18(17)20(22)24/h3-7,9,11-14,17-18H,8H2,1-2H3/b21-9-/t11-,12-,13-,14-,17+,18+/m0/s1. The van der Waals surface area contributed by atoms with Crippen LogP contribution in [0.3, 0.4) is 0 Å². The molecule has 4 aliphatic carbocycles. The number of methoxy groups -OCH3 is 2. The van der Waals surface area contributed by atoms with E-state index in [1.807, 2.05) is 6.07 Å². The topological polar surface area (TPSA) is 68.2 Å². The molecular formula is C20H20N2O4. The molecule has 2 amide bonds. The molecule has 0 unspecified atom stereocenters. The van der Waals surface area contributed by atoms with E-state index in [9.17, 15) is 9.59 Å². The van der Waals surface area contributed by atoms with E-state index >= 15 is 0 Å². The van der Waals surface area contributed by atoms with E-state index in [0.29, 0.717) is 23.3 Å². The minimum Gasteiger partial charge on any atom is -0.493 e. The molecular weight excluding hydrogens is 332 g/mol. The summed E-state index contributed by atoms with van der Waals surface area (Å²) in [7, 11) is 3.13. The third-order valence-corrected chi connectivity index (χ3v) is 6.37. The van der Waals surface area contributed by atoms with Crippen LogP contribution in [0.2, 0.25) is 0 Å². The van der Waals surface area contributed by atoms with Crippen LogP contribution in [-0.4, -0.2) is 37.3 Å². The summed E-state index contributed by atoms with van der Waals surface area (Å²) in [6.07, 6.45) is 7.01. The van der Waals surface area contributed by atoms with E-state index in [1.165, 1.54) is 6.21 Å². The first-order valence-corrected chi connectivity index (χ1v) is 8.96. The van der Waals surface area contributed by atoms with Crippen LogP contribution in [0, 0.1) is 35.5 Å². The molecule has 5 aliphatic rings. The van der Waals surface area contributed by atoms with Gasteiger partial charge in [-0.15, -0.1) is 0 Å². The van der Waals surface area contributed by atoms with E-state index in [-0.39, 0.29) is 35.5 Å². The molecule has 2 saturated carbocycles. The molecule has 1 heterocycles. The van der Waals surface area contributed by atoms with Crippen molar-refractivity contribution in [3.05, 3.63) is 35.9 Å². The van der Waals surface area contributed by atoms with Gasteiger partial charge in [0.15, 0.2) is 11.5 Å². The summed E-state index contributed by atoms with van der Waals surface area (Å²) < 4.78 is 10.5. The van der Waals surface area contributed by atoms with Crippen LogP contribution in [0.1, 0.15) is 12.0 Å². The smallest absolute Gasteiger partial charge is 0.254 e. The number of benzene rings is 1. The number of hydrogen-bond donors (Lipinski definition) is 0. The fourth-order valence-electron chi connectivity index (χ4n) is 5.11. The number of allylic oxidation sites excluding steroid dienone is 2. The van der Waals surface area contributed by atoms with Crippen LogP contribution in [0.4, 0.5) is 0 Å². The molecule has 6 atom stereocenters. The first kappa shape index (κ1) is 15.6. The molecule has 26 heavy (non-hydrogen) atoms. The number of carbonyl (C=O) groups excluding carboxylic acids is 2. The van der Waals surface area contributed by atoms with Crippen molar-refractivity contribution in [1.29, 1.82) is 0 Å². The van der Waals surface area contributed by atoms with Gasteiger partial charge in [-0.05, 0) is 53.9 Å². The number of rotatable bonds is 4. The molecule has 2 bridgehead atoms. The second kappa shape index (κ2) is 5.43. The Bertz CT molecular complexity index is 825. The van der Waals surface area contributed by atoms with Crippen molar-refractivity contribution >= 4 is 18.0 Å². The van der Waals surface area contributed by atoms with Gasteiger partial charge in [0, 0.05) is 0 Å². The number of carbonyl (C=O) groups is 2. The molecule has 1 aromatic rings. The minimum atomic E-state index is -0.219. The maximum absolute atomic E-state index is 12.9. The lowest BCUT2D eigenvalue weighted by Gasteiger charge is -2.37. The highest BCUT2D eigenvalue weighted by Gasteiger charge is 2.67. The lowest BCUT2D eigenvalue weighted by atomic mass is 9.63. The van der Waals surface area contributed by atoms with Gasteiger partial charge in [0.05, 0.1) is 32.3 Å². The summed E-state index contributed by atoms with van der Waals surface area (Å²) in [5.41, 5.74) is 0.738. The van der Waals surface area contributed by atoms with Gasteiger partial charge in [-0.2, -0.15) is 10.1 Å². The summed E-state index contributed by atoms with van der Waals surface area (Å²) in [4.78, 5) is 25.7. The van der Waals surface area contributed by atoms with Crippen molar-refractivity contribution in [1.82, 2.24) is 5.01 Å². The maximum atomic E-state index is 12.9. The van der Waals surface area contributed by atoms with E-state index in [0.717, 1.165) is 17.0 Å². The molecule has 134 valence electrons. The highest BCUT2D eigenvalue weighted by molar-refractivity contribution is 6.06. The number of amides is 2. The molecule has 1 aliphatic heterocycles. The monoisotopic (exact) mass is 352 g/mol. The lowest BCUT2D eigenvalue weighted by molar-refractivity contribution is -0.140. The van der Waals surface area contributed by atoms with Crippen molar-refractivity contribution in [3.8, 4) is 11.5 Å². The van der Waals surface area contributed by atoms with Gasteiger partial charge in [-0.25, -0.2) is 0 Å². The predicted octanol–water partition coefficient (Wildman–Crippen LogP) is 2.09. The molecule has 0 radical (unpaired) electrons. The fraction of sp³-hybridized carbons (Fsp3) is 0.450. The fourth-order valence-corrected chi connectivity index (χ4v) is 5.11. The molecule has 3 fully saturated rings. The normalized spacial score (nSPS) is 36.5. The summed E-state index contributed by atoms with van der Waals surface area (Å²) >= 11 is 0. The van der Waals surface area contributed by atoms with Crippen molar-refractivity contribution in [2.75, 3.05) is 14.2 Å². The highest BCUT2D eigenvalue weighted by atomic mass is 16.5. The molecule has 0 aromatic heterocycles. The average Bonchev–Trinajstić information content (AvgIpc) is 3.45. The van der Waals surface area contributed by atoms with Crippen LogP contribution >= 0.6 is 0 Å². The van der Waals surface area contributed by atoms with Crippen molar-refractivity contribution in [2.45, 2.75) is 6.42 Å². The van der Waals surface area contributed by atoms with E-state index in [4.69, 9.17) is 9.47 Å². The van der Waals surface area contributed by atoms with Gasteiger partial charge in [0.25, 0.3) is 11.8 Å². The first-order valence-electron chi connectivity index (χ1n) is 8.96. The Balaban J connectivity index is 1.41. The Morgan fingerprint density at radius 2 is 1.62 bits per heavy atom. The second-order valence-electron chi connectivity index (χ2n) is 7.50. The van der Waals surface area contributed by atoms with Crippen LogP contribution < -0.4 is 9.47 Å². The number of hydrogen-bond acceptors (Lipinski definition) is 5. The average molecular weight is 352 g/mol. The largest absolute Gasteiger partial charge is 0.493 e. The predicted molar refractivity (Wildman–Crippen MR) is 93.7 cm³/mol. The maximum Gasteiger partial charge on any atom is 0.254 e. The molecule has 6 heteroatoms. The second-order valence-corrected chi connectivity index (χ2v) is 7.50. The van der Waals surface area contributed by atoms with E-state index in [2.05, 4.69) is 17.3 Å². The van der Waals surface area contributed by atoms with Gasteiger partial charge in [0.1, 0.15) is 0 Å². The van der Waals surface area contributed by atoms with Gasteiger partial charge in [-0.3, -0.25) is 9.59 Å². The van der Waals surface area contributed by atoms with Crippen LogP contribution in [0.5, 0.6) is 11.5 Å². The van der Waals surface area contributed by atoms with Crippen molar-refractivity contribution in [2.24, 2.45) is 40.6 Å². The SMILES string of the molecule is COc1ccc(/C=N\N2C(=O)[C@@H]3[C@H]4C=C[C@@H]([C@@H]5C[C@@H]45)[C@H]3C2=O)cc1OC. The van der Waals surface area contributed by atoms with Crippen molar-refractivity contribution in [3.63, 3.8) is 0 Å². The van der Waals surface area contributed by atoms with Gasteiger partial charge in [-0.1, -0.05) is 12.2 Å². The molecule has 1 aromatic carbocycles. The van der Waals surface area contributed by atoms with Crippen LogP contribution in [0.25, 0.3) is 0 Å². The quantitative estimate of drug-likeness (QED) is 0.473. The summed E-state index contributed by atoms with van der Waals surface area (Å²) in [5.74, 6) is 2.07. The Hall–Kier alpha value is -2.63. The zero-order valence-electron chi connectivity index (χ0n) is 14.7. The highest BCUT2D eigenvalue weighted by Crippen LogP contribution is 2.65. The molecule has 1 saturated heterocycles. The molecule has 6 rings (SSSR count). The molecule has 6 nitrogen and oxygen atoms in total. The van der Waals surface area contributed by atoms with E-state index < -0.39 is 0 Å². The van der Waals surface area contributed by atoms with Crippen LogP contribution in [-0.2, 0) is 9.59 Å². The van der Waals surface area contributed by atoms with Crippen LogP contribution in [0.15, 0.2) is 35.5 Å². The minimum absolute atomic E-state index is 0.151. The zero-order chi connectivity index (χ0) is 18.0. The molecule has 0 N–H and O–H groups in total. The van der Waals surface area contributed by atoms with Gasteiger partial charge < -0.3 is 9.47 Å². The van der Waals surface area contributed by atoms with Gasteiger partial charge >= 0.3 is 0 Å². The Labute approximate surface area is 151 Å². The molecule has 0 spiro atoms. The Morgan fingerprint density at radius 3 is 2.19 bits per heavy atom. The van der Waals surface area contributed by atoms with Gasteiger partial charge in [0.2, 0.25) is 0 Å².